The number of rotatable bonds is 4. The van der Waals surface area contributed by atoms with E-state index in [-0.39, 0.29) is 24.1 Å². The molecule has 1 aliphatic heterocycles. The minimum atomic E-state index is -0.375. The first-order valence-electron chi connectivity index (χ1n) is 8.10. The molecule has 0 saturated carbocycles. The molecule has 6 nitrogen and oxygen atoms in total. The van der Waals surface area contributed by atoms with Crippen molar-refractivity contribution in [1.29, 1.82) is 0 Å². The van der Waals surface area contributed by atoms with Crippen LogP contribution >= 0.6 is 0 Å². The predicted molar refractivity (Wildman–Crippen MR) is 83.5 cm³/mol. The predicted octanol–water partition coefficient (Wildman–Crippen LogP) is 2.54. The van der Waals surface area contributed by atoms with Gasteiger partial charge in [0.25, 0.3) is 0 Å². The van der Waals surface area contributed by atoms with Gasteiger partial charge in [-0.05, 0) is 40.0 Å². The van der Waals surface area contributed by atoms with Crippen LogP contribution in [0.25, 0.3) is 0 Å². The number of aromatic nitrogens is 1. The Morgan fingerprint density at radius 1 is 1.55 bits per heavy atom. The molecule has 2 N–H and O–H groups in total. The van der Waals surface area contributed by atoms with E-state index >= 15 is 0 Å². The highest BCUT2D eigenvalue weighted by Gasteiger charge is 2.28. The van der Waals surface area contributed by atoms with Crippen LogP contribution in [0.1, 0.15) is 56.2 Å². The first kappa shape index (κ1) is 16.8. The normalized spacial score (nSPS) is 21.5. The van der Waals surface area contributed by atoms with Crippen molar-refractivity contribution in [3.05, 3.63) is 17.0 Å². The molecule has 1 aromatic rings. The second kappa shape index (κ2) is 7.13. The maximum atomic E-state index is 12.5. The fraction of sp³-hybridized carbons (Fsp3) is 0.750. The molecule has 0 bridgehead atoms. The fourth-order valence-electron chi connectivity index (χ4n) is 3.19. The van der Waals surface area contributed by atoms with Gasteiger partial charge in [0.2, 0.25) is 0 Å². The van der Waals surface area contributed by atoms with Crippen molar-refractivity contribution in [2.45, 2.75) is 59.1 Å². The van der Waals surface area contributed by atoms with E-state index in [0.29, 0.717) is 6.54 Å². The number of hydrogen-bond acceptors (Lipinski definition) is 4. The van der Waals surface area contributed by atoms with Crippen molar-refractivity contribution in [1.82, 2.24) is 15.4 Å². The fourth-order valence-corrected chi connectivity index (χ4v) is 3.19. The quantitative estimate of drug-likeness (QED) is 0.896. The molecular formula is C16H27N3O3. The number of carbonyl (C=O) groups is 1. The number of aryl methyl sites for hydroxylation is 2. The van der Waals surface area contributed by atoms with Crippen LogP contribution in [-0.2, 0) is 0 Å². The van der Waals surface area contributed by atoms with Gasteiger partial charge in [0, 0.05) is 24.6 Å². The lowest BCUT2D eigenvalue weighted by molar-refractivity contribution is 0.0732. The summed E-state index contributed by atoms with van der Waals surface area (Å²) in [7, 11) is 0. The summed E-state index contributed by atoms with van der Waals surface area (Å²) in [6.07, 6.45) is 2.32. The molecule has 0 aliphatic carbocycles. The molecule has 1 saturated heterocycles. The Kier molecular flexibility index (Phi) is 5.45. The summed E-state index contributed by atoms with van der Waals surface area (Å²) < 4.78 is 5.21. The third kappa shape index (κ3) is 3.61. The topological polar surface area (TPSA) is 78.6 Å². The number of piperidine rings is 1. The van der Waals surface area contributed by atoms with E-state index in [0.717, 1.165) is 42.8 Å². The number of carbonyl (C=O) groups excluding carboxylic acids is 1. The van der Waals surface area contributed by atoms with Crippen LogP contribution in [0.2, 0.25) is 0 Å². The SMILES string of the molecule is CCC(NC(=O)N1CCCC(C(C)O)C1)c1c(C)noc1C. The molecule has 3 unspecified atom stereocenters. The van der Waals surface area contributed by atoms with Crippen molar-refractivity contribution in [3.63, 3.8) is 0 Å². The van der Waals surface area contributed by atoms with Gasteiger partial charge in [0.05, 0.1) is 17.8 Å². The van der Waals surface area contributed by atoms with Crippen LogP contribution in [-0.4, -0.2) is 40.4 Å². The van der Waals surface area contributed by atoms with Gasteiger partial charge in [-0.1, -0.05) is 12.1 Å². The molecule has 1 aliphatic rings. The smallest absolute Gasteiger partial charge is 0.317 e. The van der Waals surface area contributed by atoms with E-state index in [2.05, 4.69) is 10.5 Å². The minimum absolute atomic E-state index is 0.0720. The summed E-state index contributed by atoms with van der Waals surface area (Å²) in [5, 5.41) is 16.8. The first-order chi connectivity index (χ1) is 10.4. The summed E-state index contributed by atoms with van der Waals surface area (Å²) >= 11 is 0. The Morgan fingerprint density at radius 3 is 2.82 bits per heavy atom. The van der Waals surface area contributed by atoms with Crippen molar-refractivity contribution in [2.24, 2.45) is 5.92 Å². The van der Waals surface area contributed by atoms with Crippen LogP contribution in [0.3, 0.4) is 0 Å². The van der Waals surface area contributed by atoms with E-state index in [4.69, 9.17) is 4.52 Å². The summed E-state index contributed by atoms with van der Waals surface area (Å²) in [6, 6.07) is -0.164. The van der Waals surface area contributed by atoms with Crippen molar-refractivity contribution in [2.75, 3.05) is 13.1 Å². The van der Waals surface area contributed by atoms with E-state index in [1.165, 1.54) is 0 Å². The lowest BCUT2D eigenvalue weighted by Gasteiger charge is -2.35. The average Bonchev–Trinajstić information content (AvgIpc) is 2.84. The zero-order valence-corrected chi connectivity index (χ0v) is 13.9. The molecule has 0 radical (unpaired) electrons. The zero-order chi connectivity index (χ0) is 16.3. The lowest BCUT2D eigenvalue weighted by atomic mass is 9.93. The second-order valence-electron chi connectivity index (χ2n) is 6.24. The molecule has 2 heterocycles. The Labute approximate surface area is 131 Å². The zero-order valence-electron chi connectivity index (χ0n) is 13.9. The first-order valence-corrected chi connectivity index (χ1v) is 8.10. The summed E-state index contributed by atoms with van der Waals surface area (Å²) in [6.45, 7) is 8.95. The molecule has 2 amide bonds. The van der Waals surface area contributed by atoms with Gasteiger partial charge in [-0.15, -0.1) is 0 Å². The number of amides is 2. The summed E-state index contributed by atoms with van der Waals surface area (Å²) in [4.78, 5) is 14.3. The Morgan fingerprint density at radius 2 is 2.27 bits per heavy atom. The number of urea groups is 1. The van der Waals surface area contributed by atoms with Gasteiger partial charge in [-0.2, -0.15) is 0 Å². The van der Waals surface area contributed by atoms with E-state index in [9.17, 15) is 9.90 Å². The Hall–Kier alpha value is -1.56. The number of aliphatic hydroxyl groups is 1. The van der Waals surface area contributed by atoms with E-state index in [1.807, 2.05) is 25.7 Å². The number of hydrogen-bond donors (Lipinski definition) is 2. The molecule has 3 atom stereocenters. The third-order valence-electron chi connectivity index (χ3n) is 4.57. The maximum absolute atomic E-state index is 12.5. The highest BCUT2D eigenvalue weighted by Crippen LogP contribution is 2.25. The number of aliphatic hydroxyl groups excluding tert-OH is 1. The van der Waals surface area contributed by atoms with Gasteiger partial charge in [-0.25, -0.2) is 4.79 Å². The van der Waals surface area contributed by atoms with Crippen molar-refractivity contribution in [3.8, 4) is 0 Å². The highest BCUT2D eigenvalue weighted by molar-refractivity contribution is 5.75. The third-order valence-corrected chi connectivity index (χ3v) is 4.57. The monoisotopic (exact) mass is 309 g/mol. The molecule has 22 heavy (non-hydrogen) atoms. The summed E-state index contributed by atoms with van der Waals surface area (Å²) in [5.41, 5.74) is 1.80. The van der Waals surface area contributed by atoms with E-state index < -0.39 is 0 Å². The molecule has 6 heteroatoms. The second-order valence-corrected chi connectivity index (χ2v) is 6.24. The molecule has 1 aromatic heterocycles. The van der Waals surface area contributed by atoms with Crippen molar-refractivity contribution < 1.29 is 14.4 Å². The standard InChI is InChI=1S/C16H27N3O3/c1-5-14(15-10(2)18-22-12(15)4)17-16(21)19-8-6-7-13(9-19)11(3)20/h11,13-14,20H,5-9H2,1-4H3,(H,17,21). The Balaban J connectivity index is 2.03. The number of nitrogens with zero attached hydrogens (tertiary/aromatic N) is 2. The van der Waals surface area contributed by atoms with Gasteiger partial charge < -0.3 is 19.8 Å². The van der Waals surface area contributed by atoms with Gasteiger partial charge in [-0.3, -0.25) is 0 Å². The van der Waals surface area contributed by atoms with Crippen LogP contribution in [0.4, 0.5) is 4.79 Å². The van der Waals surface area contributed by atoms with Crippen LogP contribution in [0.5, 0.6) is 0 Å². The molecule has 0 aromatic carbocycles. The molecule has 1 fully saturated rings. The van der Waals surface area contributed by atoms with Gasteiger partial charge in [0.1, 0.15) is 5.76 Å². The van der Waals surface area contributed by atoms with Crippen LogP contribution < -0.4 is 5.32 Å². The minimum Gasteiger partial charge on any atom is -0.393 e. The number of nitrogens with one attached hydrogen (secondary N) is 1. The van der Waals surface area contributed by atoms with Gasteiger partial charge >= 0.3 is 6.03 Å². The highest BCUT2D eigenvalue weighted by atomic mass is 16.5. The van der Waals surface area contributed by atoms with Crippen molar-refractivity contribution >= 4 is 6.03 Å². The lowest BCUT2D eigenvalue weighted by Crippen LogP contribution is -2.48. The Bertz CT molecular complexity index is 493. The largest absolute Gasteiger partial charge is 0.393 e. The molecule has 2 rings (SSSR count). The van der Waals surface area contributed by atoms with E-state index in [1.54, 1.807) is 6.92 Å². The average molecular weight is 309 g/mol. The number of likely N-dealkylation sites (tertiary alicyclic amines) is 1. The van der Waals surface area contributed by atoms with Crippen LogP contribution in [0, 0.1) is 19.8 Å². The molecular weight excluding hydrogens is 282 g/mol. The van der Waals surface area contributed by atoms with Crippen LogP contribution in [0.15, 0.2) is 4.52 Å². The summed E-state index contributed by atoms with van der Waals surface area (Å²) in [5.74, 6) is 0.920. The molecule has 0 spiro atoms. The molecule has 124 valence electrons. The van der Waals surface area contributed by atoms with Gasteiger partial charge in [0.15, 0.2) is 0 Å². The maximum Gasteiger partial charge on any atom is 0.317 e.